The fraction of sp³-hybridized carbons (Fsp3) is 0.462. The maximum Gasteiger partial charge on any atom is 0.223 e. The molecule has 1 fully saturated rings. The van der Waals surface area contributed by atoms with E-state index in [0.717, 1.165) is 42.7 Å². The van der Waals surface area contributed by atoms with Gasteiger partial charge in [0, 0.05) is 25.4 Å². The minimum atomic E-state index is 0.206. The number of hydrogen-bond donors (Lipinski definition) is 1. The van der Waals surface area contributed by atoms with Crippen LogP contribution in [0.15, 0.2) is 48.5 Å². The monoisotopic (exact) mass is 403 g/mol. The van der Waals surface area contributed by atoms with Crippen molar-refractivity contribution < 1.29 is 4.79 Å². The fourth-order valence-electron chi connectivity index (χ4n) is 4.49. The number of imidazole rings is 1. The quantitative estimate of drug-likeness (QED) is 0.570. The number of amides is 1. The van der Waals surface area contributed by atoms with E-state index in [-0.39, 0.29) is 11.8 Å². The molecule has 0 saturated heterocycles. The molecule has 0 spiro atoms. The molecule has 0 atom stereocenters. The van der Waals surface area contributed by atoms with E-state index in [1.807, 2.05) is 6.07 Å². The van der Waals surface area contributed by atoms with E-state index < -0.39 is 0 Å². The summed E-state index contributed by atoms with van der Waals surface area (Å²) in [4.78, 5) is 17.4. The van der Waals surface area contributed by atoms with Crippen LogP contribution in [-0.2, 0) is 17.8 Å². The Balaban J connectivity index is 1.48. The first-order chi connectivity index (χ1) is 14.6. The third-order valence-electron chi connectivity index (χ3n) is 6.34. The van der Waals surface area contributed by atoms with Gasteiger partial charge in [0.1, 0.15) is 5.82 Å². The molecule has 1 aromatic heterocycles. The second kappa shape index (κ2) is 9.46. The van der Waals surface area contributed by atoms with E-state index in [1.54, 1.807) is 0 Å². The number of benzene rings is 2. The molecule has 0 aliphatic heterocycles. The van der Waals surface area contributed by atoms with Gasteiger partial charge in [-0.1, -0.05) is 69.5 Å². The molecule has 4 rings (SSSR count). The molecule has 1 saturated carbocycles. The Kier molecular flexibility index (Phi) is 6.51. The number of fused-ring (bicyclic) bond motifs is 1. The molecule has 4 nitrogen and oxygen atoms in total. The van der Waals surface area contributed by atoms with E-state index in [0.29, 0.717) is 12.5 Å². The van der Waals surface area contributed by atoms with Crippen LogP contribution in [0.25, 0.3) is 11.0 Å². The molecule has 30 heavy (non-hydrogen) atoms. The average Bonchev–Trinajstić information content (AvgIpc) is 3.12. The van der Waals surface area contributed by atoms with Gasteiger partial charge < -0.3 is 9.88 Å². The number of para-hydroxylation sites is 2. The van der Waals surface area contributed by atoms with Crippen molar-refractivity contribution >= 4 is 16.9 Å². The van der Waals surface area contributed by atoms with E-state index in [1.165, 1.54) is 30.4 Å². The van der Waals surface area contributed by atoms with Gasteiger partial charge in [-0.05, 0) is 42.0 Å². The number of carbonyl (C=O) groups excluding carboxylic acids is 1. The highest BCUT2D eigenvalue weighted by molar-refractivity contribution is 5.79. The van der Waals surface area contributed by atoms with Crippen LogP contribution in [0, 0.1) is 5.92 Å². The van der Waals surface area contributed by atoms with Crippen molar-refractivity contribution in [3.05, 3.63) is 65.5 Å². The topological polar surface area (TPSA) is 46.9 Å². The van der Waals surface area contributed by atoms with E-state index >= 15 is 0 Å². The van der Waals surface area contributed by atoms with Crippen molar-refractivity contribution in [2.45, 2.75) is 64.8 Å². The van der Waals surface area contributed by atoms with Crippen LogP contribution in [0.1, 0.15) is 68.8 Å². The zero-order valence-electron chi connectivity index (χ0n) is 18.2. The summed E-state index contributed by atoms with van der Waals surface area (Å²) in [6.07, 6.45) is 6.46. The molecule has 1 N–H and O–H groups in total. The molecule has 1 heterocycles. The molecule has 1 amide bonds. The summed E-state index contributed by atoms with van der Waals surface area (Å²) < 4.78 is 2.30. The zero-order valence-corrected chi connectivity index (χ0v) is 18.2. The number of aromatic nitrogens is 2. The molecule has 3 aromatic rings. The maximum absolute atomic E-state index is 12.5. The van der Waals surface area contributed by atoms with Crippen LogP contribution in [0.2, 0.25) is 0 Å². The lowest BCUT2D eigenvalue weighted by atomic mass is 9.89. The van der Waals surface area contributed by atoms with Gasteiger partial charge in [-0.25, -0.2) is 4.98 Å². The summed E-state index contributed by atoms with van der Waals surface area (Å²) in [5.41, 5.74) is 4.80. The highest BCUT2D eigenvalue weighted by atomic mass is 16.1. The SMILES string of the molecule is CC(C)c1ccc(Cn2c(CCNC(=O)C3CCCCC3)nc3ccccc32)cc1. The van der Waals surface area contributed by atoms with Gasteiger partial charge in [-0.3, -0.25) is 4.79 Å². The first-order valence-corrected chi connectivity index (χ1v) is 11.4. The third-order valence-corrected chi connectivity index (χ3v) is 6.34. The summed E-state index contributed by atoms with van der Waals surface area (Å²) in [7, 11) is 0. The molecule has 2 aromatic carbocycles. The average molecular weight is 404 g/mol. The van der Waals surface area contributed by atoms with Crippen molar-refractivity contribution in [3.63, 3.8) is 0 Å². The lowest BCUT2D eigenvalue weighted by Gasteiger charge is -2.20. The van der Waals surface area contributed by atoms with Gasteiger partial charge >= 0.3 is 0 Å². The van der Waals surface area contributed by atoms with E-state index in [9.17, 15) is 4.79 Å². The number of nitrogens with zero attached hydrogens (tertiary/aromatic N) is 2. The van der Waals surface area contributed by atoms with Gasteiger partial charge in [0.2, 0.25) is 5.91 Å². The third kappa shape index (κ3) is 4.75. The minimum Gasteiger partial charge on any atom is -0.355 e. The summed E-state index contributed by atoms with van der Waals surface area (Å²) >= 11 is 0. The summed E-state index contributed by atoms with van der Waals surface area (Å²) in [5, 5.41) is 3.16. The first kappa shape index (κ1) is 20.6. The number of carbonyl (C=O) groups is 1. The molecule has 158 valence electrons. The Morgan fingerprint density at radius 1 is 1.07 bits per heavy atom. The highest BCUT2D eigenvalue weighted by Gasteiger charge is 2.20. The molecule has 1 aliphatic carbocycles. The summed E-state index contributed by atoms with van der Waals surface area (Å²) in [5.74, 6) is 2.00. The lowest BCUT2D eigenvalue weighted by Crippen LogP contribution is -2.33. The number of hydrogen-bond acceptors (Lipinski definition) is 2. The van der Waals surface area contributed by atoms with Gasteiger partial charge in [0.25, 0.3) is 0 Å². The molecule has 0 unspecified atom stereocenters. The van der Waals surface area contributed by atoms with Crippen LogP contribution in [0.5, 0.6) is 0 Å². The maximum atomic E-state index is 12.5. The van der Waals surface area contributed by atoms with Gasteiger partial charge in [0.05, 0.1) is 11.0 Å². The van der Waals surface area contributed by atoms with Gasteiger partial charge in [-0.15, -0.1) is 0 Å². The van der Waals surface area contributed by atoms with Crippen LogP contribution in [-0.4, -0.2) is 22.0 Å². The Morgan fingerprint density at radius 3 is 2.53 bits per heavy atom. The summed E-state index contributed by atoms with van der Waals surface area (Å²) in [6.45, 7) is 5.88. The predicted octanol–water partition coefficient (Wildman–Crippen LogP) is 5.45. The van der Waals surface area contributed by atoms with Crippen LogP contribution in [0.4, 0.5) is 0 Å². The second-order valence-electron chi connectivity index (χ2n) is 8.88. The van der Waals surface area contributed by atoms with Gasteiger partial charge in [0.15, 0.2) is 0 Å². The van der Waals surface area contributed by atoms with Crippen molar-refractivity contribution in [3.8, 4) is 0 Å². The standard InChI is InChI=1S/C26H33N3O/c1-19(2)21-14-12-20(13-15-21)18-29-24-11-7-6-10-23(24)28-25(29)16-17-27-26(30)22-8-4-3-5-9-22/h6-7,10-15,19,22H,3-5,8-9,16-18H2,1-2H3,(H,27,30). The van der Waals surface area contributed by atoms with Crippen LogP contribution in [0.3, 0.4) is 0 Å². The number of rotatable bonds is 7. The van der Waals surface area contributed by atoms with Gasteiger partial charge in [-0.2, -0.15) is 0 Å². The van der Waals surface area contributed by atoms with E-state index in [2.05, 4.69) is 66.2 Å². The van der Waals surface area contributed by atoms with Crippen molar-refractivity contribution in [2.75, 3.05) is 6.54 Å². The van der Waals surface area contributed by atoms with Crippen molar-refractivity contribution in [1.82, 2.24) is 14.9 Å². The fourth-order valence-corrected chi connectivity index (χ4v) is 4.49. The number of nitrogens with one attached hydrogen (secondary N) is 1. The predicted molar refractivity (Wildman–Crippen MR) is 123 cm³/mol. The lowest BCUT2D eigenvalue weighted by molar-refractivity contribution is -0.125. The Morgan fingerprint density at radius 2 is 1.80 bits per heavy atom. The molecular weight excluding hydrogens is 370 g/mol. The van der Waals surface area contributed by atoms with Crippen molar-refractivity contribution in [2.24, 2.45) is 5.92 Å². The van der Waals surface area contributed by atoms with Crippen molar-refractivity contribution in [1.29, 1.82) is 0 Å². The highest BCUT2D eigenvalue weighted by Crippen LogP contribution is 2.24. The molecule has 1 aliphatic rings. The second-order valence-corrected chi connectivity index (χ2v) is 8.88. The molecule has 4 heteroatoms. The normalized spacial score (nSPS) is 15.0. The molecular formula is C26H33N3O. The Labute approximate surface area is 179 Å². The smallest absolute Gasteiger partial charge is 0.223 e. The van der Waals surface area contributed by atoms with Crippen LogP contribution < -0.4 is 5.32 Å². The first-order valence-electron chi connectivity index (χ1n) is 11.4. The zero-order chi connectivity index (χ0) is 20.9. The van der Waals surface area contributed by atoms with E-state index in [4.69, 9.17) is 4.98 Å². The summed E-state index contributed by atoms with van der Waals surface area (Å²) in [6, 6.07) is 17.2. The molecule has 0 radical (unpaired) electrons. The largest absolute Gasteiger partial charge is 0.355 e. The Bertz CT molecular complexity index is 981. The molecule has 0 bridgehead atoms. The van der Waals surface area contributed by atoms with Crippen LogP contribution >= 0.6 is 0 Å². The Hall–Kier alpha value is -2.62. The minimum absolute atomic E-state index is 0.206.